The molecule has 0 fully saturated rings. The summed E-state index contributed by atoms with van der Waals surface area (Å²) in [5.41, 5.74) is 0.588. The van der Waals surface area contributed by atoms with Crippen LogP contribution in [0.1, 0.15) is 19.4 Å². The number of nitrogens with zero attached hydrogens (tertiary/aromatic N) is 1. The number of ketones is 1. The number of rotatable bonds is 3. The van der Waals surface area contributed by atoms with E-state index < -0.39 is 0 Å². The standard InChI is InChI=1S/C11H15NO2/c1-8(2)10(13)7-12-6-4-5-9(3)11(12)14/h4-6,8H,7H2,1-3H3. The molecule has 0 aromatic carbocycles. The summed E-state index contributed by atoms with van der Waals surface area (Å²) >= 11 is 0. The molecule has 3 heteroatoms. The van der Waals surface area contributed by atoms with E-state index in [1.165, 1.54) is 4.57 Å². The molecule has 0 atom stereocenters. The number of carbonyl (C=O) groups is 1. The van der Waals surface area contributed by atoms with E-state index in [1.54, 1.807) is 25.3 Å². The Kier molecular flexibility index (Phi) is 3.23. The number of aromatic nitrogens is 1. The van der Waals surface area contributed by atoms with Gasteiger partial charge in [-0.3, -0.25) is 9.59 Å². The van der Waals surface area contributed by atoms with Crippen LogP contribution in [0.2, 0.25) is 0 Å². The maximum atomic E-state index is 11.5. The number of hydrogen-bond donors (Lipinski definition) is 0. The summed E-state index contributed by atoms with van der Waals surface area (Å²) in [6.45, 7) is 5.60. The molecule has 3 nitrogen and oxygen atoms in total. The van der Waals surface area contributed by atoms with E-state index in [4.69, 9.17) is 0 Å². The highest BCUT2D eigenvalue weighted by Crippen LogP contribution is 1.97. The molecule has 1 aromatic rings. The Morgan fingerprint density at radius 3 is 2.71 bits per heavy atom. The number of pyridine rings is 1. The van der Waals surface area contributed by atoms with E-state index >= 15 is 0 Å². The van der Waals surface area contributed by atoms with Gasteiger partial charge in [0.2, 0.25) is 0 Å². The molecule has 0 aliphatic heterocycles. The number of hydrogen-bond acceptors (Lipinski definition) is 2. The lowest BCUT2D eigenvalue weighted by Gasteiger charge is -2.07. The molecular formula is C11H15NO2. The Hall–Kier alpha value is -1.38. The fraction of sp³-hybridized carbons (Fsp3) is 0.455. The van der Waals surface area contributed by atoms with Crippen molar-refractivity contribution < 1.29 is 4.79 Å². The van der Waals surface area contributed by atoms with Gasteiger partial charge in [-0.2, -0.15) is 0 Å². The summed E-state index contributed by atoms with van der Waals surface area (Å²) in [5, 5.41) is 0. The van der Waals surface area contributed by atoms with E-state index in [-0.39, 0.29) is 23.8 Å². The molecule has 0 unspecified atom stereocenters. The van der Waals surface area contributed by atoms with Gasteiger partial charge in [0.05, 0.1) is 6.54 Å². The Balaban J connectivity index is 2.93. The smallest absolute Gasteiger partial charge is 0.253 e. The molecule has 14 heavy (non-hydrogen) atoms. The summed E-state index contributed by atoms with van der Waals surface area (Å²) in [7, 11) is 0. The van der Waals surface area contributed by atoms with Gasteiger partial charge in [-0.15, -0.1) is 0 Å². The predicted octanol–water partition coefficient (Wildman–Crippen LogP) is 1.38. The highest BCUT2D eigenvalue weighted by Gasteiger charge is 2.08. The molecule has 0 aliphatic rings. The van der Waals surface area contributed by atoms with E-state index in [0.29, 0.717) is 5.56 Å². The van der Waals surface area contributed by atoms with E-state index in [9.17, 15) is 9.59 Å². The highest BCUT2D eigenvalue weighted by atomic mass is 16.1. The normalized spacial score (nSPS) is 10.6. The number of Topliss-reactive ketones (excluding diaryl/α,β-unsaturated/α-hetero) is 1. The van der Waals surface area contributed by atoms with Crippen molar-refractivity contribution >= 4 is 5.78 Å². The van der Waals surface area contributed by atoms with Gasteiger partial charge < -0.3 is 4.57 Å². The zero-order valence-electron chi connectivity index (χ0n) is 8.78. The second-order valence-electron chi connectivity index (χ2n) is 3.75. The van der Waals surface area contributed by atoms with Gasteiger partial charge in [0.25, 0.3) is 5.56 Å². The Bertz CT molecular complexity index is 391. The number of carbonyl (C=O) groups excluding carboxylic acids is 1. The molecule has 0 saturated carbocycles. The second-order valence-corrected chi connectivity index (χ2v) is 3.75. The van der Waals surface area contributed by atoms with Gasteiger partial charge in [-0.05, 0) is 13.0 Å². The summed E-state index contributed by atoms with van der Waals surface area (Å²) in [5.74, 6) is 0.0557. The van der Waals surface area contributed by atoms with Crippen LogP contribution in [0.4, 0.5) is 0 Å². The van der Waals surface area contributed by atoms with Crippen molar-refractivity contribution in [3.8, 4) is 0 Å². The van der Waals surface area contributed by atoms with Gasteiger partial charge in [-0.1, -0.05) is 19.9 Å². The number of aryl methyl sites for hydroxylation is 1. The molecular weight excluding hydrogens is 178 g/mol. The highest BCUT2D eigenvalue weighted by molar-refractivity contribution is 5.80. The van der Waals surface area contributed by atoms with E-state index in [0.717, 1.165) is 0 Å². The first-order valence-electron chi connectivity index (χ1n) is 4.71. The fourth-order valence-electron chi connectivity index (χ4n) is 1.13. The van der Waals surface area contributed by atoms with Crippen molar-refractivity contribution in [2.24, 2.45) is 5.92 Å². The third kappa shape index (κ3) is 2.31. The molecule has 1 aromatic heterocycles. The topological polar surface area (TPSA) is 39.1 Å². The third-order valence-electron chi connectivity index (χ3n) is 2.18. The van der Waals surface area contributed by atoms with Crippen molar-refractivity contribution in [1.29, 1.82) is 0 Å². The van der Waals surface area contributed by atoms with Crippen LogP contribution in [0.25, 0.3) is 0 Å². The first-order valence-corrected chi connectivity index (χ1v) is 4.71. The first-order chi connectivity index (χ1) is 6.52. The van der Waals surface area contributed by atoms with E-state index in [2.05, 4.69) is 0 Å². The minimum absolute atomic E-state index is 0.0255. The lowest BCUT2D eigenvalue weighted by atomic mass is 10.1. The monoisotopic (exact) mass is 193 g/mol. The second kappa shape index (κ2) is 4.22. The van der Waals surface area contributed by atoms with Gasteiger partial charge in [0, 0.05) is 17.7 Å². The van der Waals surface area contributed by atoms with Crippen molar-refractivity contribution in [2.45, 2.75) is 27.3 Å². The minimum Gasteiger partial charge on any atom is -0.308 e. The Morgan fingerprint density at radius 2 is 2.14 bits per heavy atom. The lowest BCUT2D eigenvalue weighted by Crippen LogP contribution is -2.26. The molecule has 0 N–H and O–H groups in total. The molecule has 76 valence electrons. The molecule has 1 heterocycles. The van der Waals surface area contributed by atoms with Crippen LogP contribution in [0.3, 0.4) is 0 Å². The predicted molar refractivity (Wildman–Crippen MR) is 55.3 cm³/mol. The maximum Gasteiger partial charge on any atom is 0.253 e. The molecule has 0 spiro atoms. The average Bonchev–Trinajstić information content (AvgIpc) is 2.12. The van der Waals surface area contributed by atoms with E-state index in [1.807, 2.05) is 13.8 Å². The van der Waals surface area contributed by atoms with Gasteiger partial charge in [0.1, 0.15) is 0 Å². The fourth-order valence-corrected chi connectivity index (χ4v) is 1.13. The van der Waals surface area contributed by atoms with Crippen LogP contribution in [0, 0.1) is 12.8 Å². The van der Waals surface area contributed by atoms with Crippen LogP contribution in [0.15, 0.2) is 23.1 Å². The van der Waals surface area contributed by atoms with Crippen LogP contribution < -0.4 is 5.56 Å². The molecule has 0 saturated heterocycles. The van der Waals surface area contributed by atoms with Crippen molar-refractivity contribution in [3.05, 3.63) is 34.2 Å². The third-order valence-corrected chi connectivity index (χ3v) is 2.18. The Labute approximate surface area is 83.4 Å². The summed E-state index contributed by atoms with van der Waals surface area (Å²) in [4.78, 5) is 23.0. The zero-order valence-corrected chi connectivity index (χ0v) is 8.78. The molecule has 0 bridgehead atoms. The lowest BCUT2D eigenvalue weighted by molar-refractivity contribution is -0.122. The first kappa shape index (κ1) is 10.7. The zero-order chi connectivity index (χ0) is 10.7. The molecule has 0 amide bonds. The SMILES string of the molecule is Cc1cccn(CC(=O)C(C)C)c1=O. The van der Waals surface area contributed by atoms with Crippen molar-refractivity contribution in [2.75, 3.05) is 0 Å². The van der Waals surface area contributed by atoms with Gasteiger partial charge in [-0.25, -0.2) is 0 Å². The van der Waals surface area contributed by atoms with Crippen LogP contribution in [-0.2, 0) is 11.3 Å². The summed E-state index contributed by atoms with van der Waals surface area (Å²) in [6, 6.07) is 3.53. The molecule has 0 radical (unpaired) electrons. The van der Waals surface area contributed by atoms with Gasteiger partial charge in [0.15, 0.2) is 5.78 Å². The van der Waals surface area contributed by atoms with Crippen molar-refractivity contribution in [3.63, 3.8) is 0 Å². The average molecular weight is 193 g/mol. The van der Waals surface area contributed by atoms with Crippen LogP contribution in [-0.4, -0.2) is 10.4 Å². The maximum absolute atomic E-state index is 11.5. The molecule has 1 rings (SSSR count). The van der Waals surface area contributed by atoms with Crippen molar-refractivity contribution in [1.82, 2.24) is 4.57 Å². The van der Waals surface area contributed by atoms with Crippen LogP contribution in [0.5, 0.6) is 0 Å². The largest absolute Gasteiger partial charge is 0.308 e. The molecule has 0 aliphatic carbocycles. The quantitative estimate of drug-likeness (QED) is 0.727. The van der Waals surface area contributed by atoms with Gasteiger partial charge >= 0.3 is 0 Å². The summed E-state index contributed by atoms with van der Waals surface area (Å²) < 4.78 is 1.46. The minimum atomic E-state index is -0.0819. The summed E-state index contributed by atoms with van der Waals surface area (Å²) in [6.07, 6.45) is 1.65. The van der Waals surface area contributed by atoms with Crippen LogP contribution >= 0.6 is 0 Å². The Morgan fingerprint density at radius 1 is 1.50 bits per heavy atom.